The van der Waals surface area contributed by atoms with Crippen molar-refractivity contribution >= 4 is 50.4 Å². The van der Waals surface area contributed by atoms with Crippen LogP contribution in [0.2, 0.25) is 0 Å². The zero-order valence-corrected chi connectivity index (χ0v) is 11.7. The maximum atomic E-state index is 11.9. The zero-order chi connectivity index (χ0) is 14.3. The van der Waals surface area contributed by atoms with E-state index in [-0.39, 0.29) is 6.42 Å². The first kappa shape index (κ1) is 12.7. The second-order valence-corrected chi connectivity index (χ2v) is 5.18. The zero-order valence-electron chi connectivity index (χ0n) is 10.1. The Balaban J connectivity index is 2.17. The number of para-hydroxylation sites is 1. The minimum absolute atomic E-state index is 0.349. The molecule has 1 saturated heterocycles. The highest BCUT2D eigenvalue weighted by Gasteiger charge is 2.33. The molecule has 7 heteroatoms. The average Bonchev–Trinajstić information content (AvgIpc) is 2.37. The molecule has 0 aliphatic carbocycles. The van der Waals surface area contributed by atoms with Crippen molar-refractivity contribution in [2.24, 2.45) is 0 Å². The van der Waals surface area contributed by atoms with Gasteiger partial charge in [0.1, 0.15) is 6.42 Å². The molecule has 1 aromatic carbocycles. The number of carbonyl (C=O) groups excluding carboxylic acids is 3. The summed E-state index contributed by atoms with van der Waals surface area (Å²) in [5.74, 6) is -1.15. The lowest BCUT2D eigenvalue weighted by Crippen LogP contribution is -2.53. The first-order valence-corrected chi connectivity index (χ1v) is 6.56. The molecule has 0 saturated carbocycles. The molecule has 0 spiro atoms. The lowest BCUT2D eigenvalue weighted by atomic mass is 10.1. The number of pyridine rings is 1. The Morgan fingerprint density at radius 3 is 2.80 bits per heavy atom. The highest BCUT2D eigenvalue weighted by atomic mass is 79.9. The third-order valence-electron chi connectivity index (χ3n) is 2.91. The number of imide groups is 2. The summed E-state index contributed by atoms with van der Waals surface area (Å²) in [6.07, 6.45) is 1.24. The minimum Gasteiger partial charge on any atom is -0.277 e. The van der Waals surface area contributed by atoms with Crippen LogP contribution in [-0.4, -0.2) is 22.8 Å². The van der Waals surface area contributed by atoms with E-state index in [1.807, 2.05) is 12.1 Å². The molecular formula is C13H8BrN3O3. The fourth-order valence-corrected chi connectivity index (χ4v) is 2.44. The third-order valence-corrected chi connectivity index (χ3v) is 3.34. The topological polar surface area (TPSA) is 79.4 Å². The van der Waals surface area contributed by atoms with Crippen molar-refractivity contribution in [1.82, 2.24) is 10.3 Å². The molecule has 0 radical (unpaired) electrons. The first-order chi connectivity index (χ1) is 9.56. The van der Waals surface area contributed by atoms with Gasteiger partial charge >= 0.3 is 6.03 Å². The fraction of sp³-hybridized carbons (Fsp3) is 0.0769. The van der Waals surface area contributed by atoms with Gasteiger partial charge in [0.15, 0.2) is 0 Å². The molecule has 0 unspecified atom stereocenters. The van der Waals surface area contributed by atoms with E-state index in [4.69, 9.17) is 0 Å². The number of barbiturate groups is 1. The van der Waals surface area contributed by atoms with E-state index in [2.05, 4.69) is 26.2 Å². The maximum Gasteiger partial charge on any atom is 0.335 e. The fourth-order valence-electron chi connectivity index (χ4n) is 2.09. The molecule has 1 aromatic heterocycles. The number of hydrogen-bond acceptors (Lipinski definition) is 4. The van der Waals surface area contributed by atoms with Crippen molar-refractivity contribution in [3.05, 3.63) is 34.9 Å². The van der Waals surface area contributed by atoms with E-state index in [0.717, 1.165) is 14.8 Å². The minimum atomic E-state index is -0.747. The van der Waals surface area contributed by atoms with Gasteiger partial charge in [-0.1, -0.05) is 12.1 Å². The molecule has 20 heavy (non-hydrogen) atoms. The van der Waals surface area contributed by atoms with Crippen LogP contribution < -0.4 is 10.2 Å². The quantitative estimate of drug-likeness (QED) is 0.809. The van der Waals surface area contributed by atoms with Gasteiger partial charge in [-0.3, -0.25) is 19.9 Å². The monoisotopic (exact) mass is 333 g/mol. The van der Waals surface area contributed by atoms with Crippen LogP contribution in [0.4, 0.5) is 10.5 Å². The normalized spacial score (nSPS) is 15.7. The predicted octanol–water partition coefficient (Wildman–Crippen LogP) is 1.97. The molecule has 1 N–H and O–H groups in total. The van der Waals surface area contributed by atoms with Gasteiger partial charge in [-0.05, 0) is 28.1 Å². The highest BCUT2D eigenvalue weighted by Crippen LogP contribution is 2.28. The summed E-state index contributed by atoms with van der Waals surface area (Å²) in [4.78, 5) is 40.2. The van der Waals surface area contributed by atoms with Crippen LogP contribution in [0.3, 0.4) is 0 Å². The maximum absolute atomic E-state index is 11.9. The van der Waals surface area contributed by atoms with Crippen molar-refractivity contribution in [1.29, 1.82) is 0 Å². The van der Waals surface area contributed by atoms with E-state index in [1.54, 1.807) is 18.3 Å². The largest absolute Gasteiger partial charge is 0.335 e. The molecule has 4 amide bonds. The van der Waals surface area contributed by atoms with E-state index in [0.29, 0.717) is 11.2 Å². The van der Waals surface area contributed by atoms with E-state index in [1.165, 1.54) is 0 Å². The lowest BCUT2D eigenvalue weighted by Gasteiger charge is -2.25. The van der Waals surface area contributed by atoms with Crippen LogP contribution >= 0.6 is 15.9 Å². The summed E-state index contributed by atoms with van der Waals surface area (Å²) in [6, 6.07) is 6.26. The molecule has 1 aliphatic rings. The van der Waals surface area contributed by atoms with E-state index >= 15 is 0 Å². The SMILES string of the molecule is O=C1CC(=O)N(c2cccc3cc(Br)cnc23)C(=O)N1. The van der Waals surface area contributed by atoms with Gasteiger partial charge in [-0.2, -0.15) is 0 Å². The molecule has 6 nitrogen and oxygen atoms in total. The Labute approximate surface area is 121 Å². The molecule has 3 rings (SSSR count). The van der Waals surface area contributed by atoms with Gasteiger partial charge in [0.25, 0.3) is 0 Å². The lowest BCUT2D eigenvalue weighted by molar-refractivity contribution is -0.128. The van der Waals surface area contributed by atoms with Gasteiger partial charge < -0.3 is 0 Å². The smallest absolute Gasteiger partial charge is 0.277 e. The molecule has 0 atom stereocenters. The summed E-state index contributed by atoms with van der Waals surface area (Å²) in [5.41, 5.74) is 0.888. The number of hydrogen-bond donors (Lipinski definition) is 1. The summed E-state index contributed by atoms with van der Waals surface area (Å²) < 4.78 is 0.798. The molecule has 100 valence electrons. The third kappa shape index (κ3) is 2.05. The second-order valence-electron chi connectivity index (χ2n) is 4.26. The molecular weight excluding hydrogens is 326 g/mol. The van der Waals surface area contributed by atoms with E-state index < -0.39 is 17.8 Å². The number of nitrogens with zero attached hydrogens (tertiary/aromatic N) is 2. The Kier molecular flexibility index (Phi) is 2.98. The predicted molar refractivity (Wildman–Crippen MR) is 75.1 cm³/mol. The standard InChI is InChI=1S/C13H8BrN3O3/c14-8-4-7-2-1-3-9(12(7)15-6-8)17-11(19)5-10(18)16-13(17)20/h1-4,6H,5H2,(H,16,18,20). The number of rotatable bonds is 1. The summed E-state index contributed by atoms with van der Waals surface area (Å²) in [6.45, 7) is 0. The van der Waals surface area contributed by atoms with Gasteiger partial charge in [0, 0.05) is 16.1 Å². The van der Waals surface area contributed by atoms with Crippen LogP contribution in [0.15, 0.2) is 34.9 Å². The van der Waals surface area contributed by atoms with Gasteiger partial charge in [-0.25, -0.2) is 9.69 Å². The number of fused-ring (bicyclic) bond motifs is 1. The Morgan fingerprint density at radius 1 is 1.25 bits per heavy atom. The van der Waals surface area contributed by atoms with Crippen LogP contribution in [0, 0.1) is 0 Å². The number of amides is 4. The van der Waals surface area contributed by atoms with Crippen molar-refractivity contribution in [2.45, 2.75) is 6.42 Å². The van der Waals surface area contributed by atoms with Crippen LogP contribution in [-0.2, 0) is 9.59 Å². The van der Waals surface area contributed by atoms with Gasteiger partial charge in [-0.15, -0.1) is 0 Å². The van der Waals surface area contributed by atoms with Crippen molar-refractivity contribution in [2.75, 3.05) is 4.90 Å². The molecule has 0 bridgehead atoms. The molecule has 1 aliphatic heterocycles. The first-order valence-electron chi connectivity index (χ1n) is 5.77. The number of aromatic nitrogens is 1. The number of benzene rings is 1. The van der Waals surface area contributed by atoms with Crippen molar-refractivity contribution in [3.63, 3.8) is 0 Å². The average molecular weight is 334 g/mol. The Morgan fingerprint density at radius 2 is 2.05 bits per heavy atom. The summed E-state index contributed by atoms with van der Waals surface area (Å²) in [5, 5.41) is 2.91. The number of nitrogens with one attached hydrogen (secondary N) is 1. The molecule has 1 fully saturated rings. The number of halogens is 1. The number of urea groups is 1. The van der Waals surface area contributed by atoms with Gasteiger partial charge in [0.2, 0.25) is 11.8 Å². The van der Waals surface area contributed by atoms with Crippen LogP contribution in [0.1, 0.15) is 6.42 Å². The summed E-state index contributed by atoms with van der Waals surface area (Å²) >= 11 is 3.32. The van der Waals surface area contributed by atoms with Crippen molar-refractivity contribution < 1.29 is 14.4 Å². The highest BCUT2D eigenvalue weighted by molar-refractivity contribution is 9.10. The van der Waals surface area contributed by atoms with Crippen LogP contribution in [0.5, 0.6) is 0 Å². The van der Waals surface area contributed by atoms with E-state index in [9.17, 15) is 14.4 Å². The number of anilines is 1. The molecule has 2 aromatic rings. The van der Waals surface area contributed by atoms with Crippen LogP contribution in [0.25, 0.3) is 10.9 Å². The second kappa shape index (κ2) is 4.68. The number of carbonyl (C=O) groups is 3. The Bertz CT molecular complexity index is 740. The van der Waals surface area contributed by atoms with Gasteiger partial charge in [0.05, 0.1) is 11.2 Å². The molecule has 2 heterocycles. The van der Waals surface area contributed by atoms with Crippen molar-refractivity contribution in [3.8, 4) is 0 Å². The Hall–Kier alpha value is -2.28. The summed E-state index contributed by atoms with van der Waals surface area (Å²) in [7, 11) is 0.